The molecule has 0 spiro atoms. The molecule has 2 unspecified atom stereocenters. The maximum Gasteiger partial charge on any atom is 0.305 e. The summed E-state index contributed by atoms with van der Waals surface area (Å²) >= 11 is 0. The molecule has 0 aromatic heterocycles. The molecular formula is C56H107NO5. The fraction of sp³-hybridized carbons (Fsp3) is 0.893. The fourth-order valence-electron chi connectivity index (χ4n) is 8.45. The van der Waals surface area contributed by atoms with E-state index in [-0.39, 0.29) is 18.5 Å². The van der Waals surface area contributed by atoms with Gasteiger partial charge in [0, 0.05) is 12.8 Å². The number of hydrogen-bond donors (Lipinski definition) is 3. The first kappa shape index (κ1) is 60.3. The van der Waals surface area contributed by atoms with Crippen molar-refractivity contribution in [3.05, 3.63) is 24.3 Å². The first-order chi connectivity index (χ1) is 30.5. The normalized spacial score (nSPS) is 12.8. The van der Waals surface area contributed by atoms with E-state index >= 15 is 0 Å². The average Bonchev–Trinajstić information content (AvgIpc) is 3.27. The summed E-state index contributed by atoms with van der Waals surface area (Å²) in [6, 6.07) is -0.544. The molecule has 0 aliphatic rings. The van der Waals surface area contributed by atoms with Gasteiger partial charge < -0.3 is 20.3 Å². The van der Waals surface area contributed by atoms with Gasteiger partial charge in [-0.1, -0.05) is 231 Å². The third kappa shape index (κ3) is 47.8. The lowest BCUT2D eigenvalue weighted by Crippen LogP contribution is -2.45. The predicted octanol–water partition coefficient (Wildman–Crippen LogP) is 16.7. The molecule has 0 aromatic carbocycles. The molecule has 0 bridgehead atoms. The Morgan fingerprint density at radius 3 is 1.16 bits per heavy atom. The molecular weight excluding hydrogens is 767 g/mol. The van der Waals surface area contributed by atoms with Gasteiger partial charge in [0.2, 0.25) is 5.91 Å². The zero-order chi connectivity index (χ0) is 45.1. The van der Waals surface area contributed by atoms with Crippen LogP contribution in [0.2, 0.25) is 0 Å². The third-order valence-electron chi connectivity index (χ3n) is 12.7. The Kier molecular flexibility index (Phi) is 50.6. The molecule has 0 heterocycles. The monoisotopic (exact) mass is 874 g/mol. The molecule has 0 aromatic rings. The highest BCUT2D eigenvalue weighted by Crippen LogP contribution is 2.16. The number of nitrogens with one attached hydrogen (secondary N) is 1. The summed E-state index contributed by atoms with van der Waals surface area (Å²) in [5, 5.41) is 23.1. The Hall–Kier alpha value is -1.66. The lowest BCUT2D eigenvalue weighted by atomic mass is 10.0. The topological polar surface area (TPSA) is 95.9 Å². The highest BCUT2D eigenvalue weighted by Gasteiger charge is 2.20. The Morgan fingerprint density at radius 1 is 0.435 bits per heavy atom. The van der Waals surface area contributed by atoms with Crippen LogP contribution in [-0.4, -0.2) is 47.4 Å². The number of carbonyl (C=O) groups is 2. The molecule has 0 saturated carbocycles. The van der Waals surface area contributed by atoms with Gasteiger partial charge in [-0.3, -0.25) is 9.59 Å². The summed E-state index contributed by atoms with van der Waals surface area (Å²) in [6.45, 7) is 4.92. The molecule has 0 fully saturated rings. The van der Waals surface area contributed by atoms with Gasteiger partial charge in [0.05, 0.1) is 25.4 Å². The van der Waals surface area contributed by atoms with Gasteiger partial charge >= 0.3 is 5.97 Å². The summed E-state index contributed by atoms with van der Waals surface area (Å²) in [4.78, 5) is 24.4. The van der Waals surface area contributed by atoms with Gasteiger partial charge in [0.1, 0.15) is 0 Å². The second-order valence-corrected chi connectivity index (χ2v) is 18.9. The summed E-state index contributed by atoms with van der Waals surface area (Å²) in [5.74, 6) is -0.0432. The number of hydrogen-bond acceptors (Lipinski definition) is 5. The van der Waals surface area contributed by atoms with Crippen LogP contribution in [0.3, 0.4) is 0 Å². The molecule has 0 radical (unpaired) electrons. The quantitative estimate of drug-likeness (QED) is 0.0321. The summed E-state index contributed by atoms with van der Waals surface area (Å²) in [7, 11) is 0. The predicted molar refractivity (Wildman–Crippen MR) is 269 cm³/mol. The van der Waals surface area contributed by atoms with E-state index in [1.807, 2.05) is 0 Å². The van der Waals surface area contributed by atoms with Crippen molar-refractivity contribution >= 4 is 11.9 Å². The Labute approximate surface area is 386 Å². The molecule has 0 saturated heterocycles. The van der Waals surface area contributed by atoms with Crippen LogP contribution in [0.1, 0.15) is 296 Å². The molecule has 6 nitrogen and oxygen atoms in total. The fourth-order valence-corrected chi connectivity index (χ4v) is 8.45. The zero-order valence-electron chi connectivity index (χ0n) is 41.6. The van der Waals surface area contributed by atoms with Crippen molar-refractivity contribution in [1.82, 2.24) is 5.32 Å². The Morgan fingerprint density at radius 2 is 0.758 bits per heavy atom. The number of ether oxygens (including phenoxy) is 1. The van der Waals surface area contributed by atoms with Crippen LogP contribution in [0, 0.1) is 0 Å². The van der Waals surface area contributed by atoms with Crippen LogP contribution in [0.4, 0.5) is 0 Å². The Bertz CT molecular complexity index is 966. The molecule has 0 aliphatic heterocycles. The molecule has 3 N–H and O–H groups in total. The summed E-state index contributed by atoms with van der Waals surface area (Å²) < 4.78 is 5.46. The second kappa shape index (κ2) is 52.0. The van der Waals surface area contributed by atoms with Gasteiger partial charge in [-0.05, 0) is 77.0 Å². The van der Waals surface area contributed by atoms with Crippen LogP contribution < -0.4 is 5.32 Å². The molecule has 0 aliphatic carbocycles. The van der Waals surface area contributed by atoms with Crippen LogP contribution in [0.25, 0.3) is 0 Å². The van der Waals surface area contributed by atoms with Gasteiger partial charge in [-0.2, -0.15) is 0 Å². The smallest absolute Gasteiger partial charge is 0.305 e. The third-order valence-corrected chi connectivity index (χ3v) is 12.7. The SMILES string of the molecule is CCCCCC/C=C\CCCCCCCC(=O)OCCCCCCCCCCCCC/C=C\CCCCCCCCCC(=O)NC(CO)C(O)CCCCCCCCCCCC. The van der Waals surface area contributed by atoms with Crippen molar-refractivity contribution in [3.63, 3.8) is 0 Å². The van der Waals surface area contributed by atoms with Gasteiger partial charge in [-0.25, -0.2) is 0 Å². The van der Waals surface area contributed by atoms with E-state index in [0.717, 1.165) is 44.9 Å². The first-order valence-corrected chi connectivity index (χ1v) is 27.6. The van der Waals surface area contributed by atoms with Gasteiger partial charge in [0.15, 0.2) is 0 Å². The lowest BCUT2D eigenvalue weighted by Gasteiger charge is -2.22. The van der Waals surface area contributed by atoms with E-state index in [0.29, 0.717) is 25.9 Å². The van der Waals surface area contributed by atoms with Gasteiger partial charge in [0.25, 0.3) is 0 Å². The van der Waals surface area contributed by atoms with E-state index in [1.54, 1.807) is 0 Å². The molecule has 1 amide bonds. The zero-order valence-corrected chi connectivity index (χ0v) is 41.6. The molecule has 2 atom stereocenters. The van der Waals surface area contributed by atoms with Crippen molar-refractivity contribution in [2.24, 2.45) is 0 Å². The first-order valence-electron chi connectivity index (χ1n) is 27.6. The number of amides is 1. The number of aliphatic hydroxyl groups excluding tert-OH is 2. The average molecular weight is 874 g/mol. The number of allylic oxidation sites excluding steroid dienone is 4. The van der Waals surface area contributed by atoms with Crippen molar-refractivity contribution < 1.29 is 24.5 Å². The highest BCUT2D eigenvalue weighted by atomic mass is 16.5. The number of rotatable bonds is 51. The number of carbonyl (C=O) groups excluding carboxylic acids is 2. The van der Waals surface area contributed by atoms with E-state index < -0.39 is 12.1 Å². The van der Waals surface area contributed by atoms with Crippen molar-refractivity contribution in [2.75, 3.05) is 13.2 Å². The van der Waals surface area contributed by atoms with Crippen LogP contribution >= 0.6 is 0 Å². The van der Waals surface area contributed by atoms with Crippen molar-refractivity contribution in [2.45, 2.75) is 309 Å². The van der Waals surface area contributed by atoms with Crippen LogP contribution in [0.5, 0.6) is 0 Å². The largest absolute Gasteiger partial charge is 0.466 e. The highest BCUT2D eigenvalue weighted by molar-refractivity contribution is 5.76. The van der Waals surface area contributed by atoms with E-state index in [1.165, 1.54) is 218 Å². The minimum atomic E-state index is -0.666. The molecule has 0 rings (SSSR count). The number of unbranched alkanes of at least 4 members (excludes halogenated alkanes) is 36. The molecule has 366 valence electrons. The lowest BCUT2D eigenvalue weighted by molar-refractivity contribution is -0.143. The molecule has 6 heteroatoms. The number of aliphatic hydroxyl groups is 2. The maximum atomic E-state index is 12.4. The van der Waals surface area contributed by atoms with Crippen LogP contribution in [0.15, 0.2) is 24.3 Å². The minimum Gasteiger partial charge on any atom is -0.466 e. The standard InChI is InChI=1S/C56H107NO5/c1-3-5-7-9-11-13-15-26-30-34-38-42-46-50-56(61)62-51-47-43-39-35-31-28-25-23-21-19-17-16-18-20-22-24-27-29-33-37-41-45-49-55(60)57-53(52-58)54(59)48-44-40-36-32-14-12-10-8-6-4-2/h13,15,18,20,53-54,58-59H,3-12,14,16-17,19,21-52H2,1-2H3,(H,57,60)/b15-13-,20-18-. The maximum absolute atomic E-state index is 12.4. The summed E-state index contributed by atoms with van der Waals surface area (Å²) in [5.41, 5.74) is 0. The van der Waals surface area contributed by atoms with Crippen LogP contribution in [-0.2, 0) is 14.3 Å². The van der Waals surface area contributed by atoms with E-state index in [2.05, 4.69) is 43.5 Å². The minimum absolute atomic E-state index is 0.000443. The van der Waals surface area contributed by atoms with E-state index in [9.17, 15) is 19.8 Å². The van der Waals surface area contributed by atoms with Crippen molar-refractivity contribution in [1.29, 1.82) is 0 Å². The van der Waals surface area contributed by atoms with Gasteiger partial charge in [-0.15, -0.1) is 0 Å². The van der Waals surface area contributed by atoms with Crippen molar-refractivity contribution in [3.8, 4) is 0 Å². The number of esters is 1. The summed E-state index contributed by atoms with van der Waals surface area (Å²) in [6.07, 6.45) is 61.7. The van der Waals surface area contributed by atoms with E-state index in [4.69, 9.17) is 4.74 Å². The Balaban J connectivity index is 3.40. The molecule has 62 heavy (non-hydrogen) atoms. The second-order valence-electron chi connectivity index (χ2n) is 18.9.